The van der Waals surface area contributed by atoms with Crippen LogP contribution in [0.1, 0.15) is 42.5 Å². The zero-order valence-electron chi connectivity index (χ0n) is 17.5. The number of carbonyl (C=O) groups is 2. The van der Waals surface area contributed by atoms with Crippen LogP contribution in [-0.4, -0.2) is 38.6 Å². The van der Waals surface area contributed by atoms with Crippen molar-refractivity contribution in [2.45, 2.75) is 38.1 Å². The van der Waals surface area contributed by atoms with Crippen molar-refractivity contribution in [3.05, 3.63) is 48.0 Å². The second kappa shape index (κ2) is 10.5. The Morgan fingerprint density at radius 2 is 1.80 bits per heavy atom. The molecule has 0 spiro atoms. The molecule has 3 rings (SSSR count). The van der Waals surface area contributed by atoms with Crippen LogP contribution in [-0.2, 0) is 4.79 Å². The Labute approximate surface area is 177 Å². The van der Waals surface area contributed by atoms with E-state index in [4.69, 9.17) is 9.47 Å². The standard InChI is InChI=1S/C23H29N3O4/c1-29-19-11-12-21(30-2)20(14-19)24-15-22(27)25-18-10-6-7-16(13-18)23(28)26-17-8-4-3-5-9-17/h6-7,10-14,17,24H,3-5,8-9,15H2,1-2H3,(H,25,27)(H,26,28). The van der Waals surface area contributed by atoms with Gasteiger partial charge in [0.05, 0.1) is 26.5 Å². The molecule has 2 amide bonds. The molecule has 2 aromatic rings. The van der Waals surface area contributed by atoms with Crippen LogP contribution >= 0.6 is 0 Å². The molecule has 0 unspecified atom stereocenters. The summed E-state index contributed by atoms with van der Waals surface area (Å²) < 4.78 is 10.5. The van der Waals surface area contributed by atoms with Crippen molar-refractivity contribution >= 4 is 23.2 Å². The summed E-state index contributed by atoms with van der Waals surface area (Å²) in [6, 6.07) is 12.6. The van der Waals surface area contributed by atoms with Gasteiger partial charge in [0.2, 0.25) is 5.91 Å². The van der Waals surface area contributed by atoms with Crippen LogP contribution in [0, 0.1) is 0 Å². The molecule has 0 aliphatic heterocycles. The Kier molecular flexibility index (Phi) is 7.54. The molecule has 30 heavy (non-hydrogen) atoms. The fraction of sp³-hybridized carbons (Fsp3) is 0.391. The third-order valence-electron chi connectivity index (χ3n) is 5.19. The van der Waals surface area contributed by atoms with Crippen molar-refractivity contribution in [1.82, 2.24) is 5.32 Å². The Hall–Kier alpha value is -3.22. The monoisotopic (exact) mass is 411 g/mol. The number of hydrogen-bond donors (Lipinski definition) is 3. The number of benzene rings is 2. The van der Waals surface area contributed by atoms with Gasteiger partial charge in [0.25, 0.3) is 5.91 Å². The van der Waals surface area contributed by atoms with Crippen molar-refractivity contribution in [2.75, 3.05) is 31.4 Å². The van der Waals surface area contributed by atoms with E-state index in [9.17, 15) is 9.59 Å². The van der Waals surface area contributed by atoms with E-state index in [-0.39, 0.29) is 24.4 Å². The highest BCUT2D eigenvalue weighted by Gasteiger charge is 2.17. The summed E-state index contributed by atoms with van der Waals surface area (Å²) in [5.41, 5.74) is 1.78. The first kappa shape index (κ1) is 21.5. The third-order valence-corrected chi connectivity index (χ3v) is 5.19. The van der Waals surface area contributed by atoms with E-state index < -0.39 is 0 Å². The molecule has 1 fully saturated rings. The van der Waals surface area contributed by atoms with E-state index in [2.05, 4.69) is 16.0 Å². The molecule has 0 aromatic heterocycles. The molecule has 7 heteroatoms. The summed E-state index contributed by atoms with van der Waals surface area (Å²) in [7, 11) is 3.15. The average Bonchev–Trinajstić information content (AvgIpc) is 2.78. The van der Waals surface area contributed by atoms with Crippen LogP contribution in [0.3, 0.4) is 0 Å². The van der Waals surface area contributed by atoms with Gasteiger partial charge in [-0.15, -0.1) is 0 Å². The summed E-state index contributed by atoms with van der Waals surface area (Å²) in [6.07, 6.45) is 5.62. The van der Waals surface area contributed by atoms with Gasteiger partial charge in [-0.2, -0.15) is 0 Å². The largest absolute Gasteiger partial charge is 0.497 e. The van der Waals surface area contributed by atoms with Crippen molar-refractivity contribution in [2.24, 2.45) is 0 Å². The molecular formula is C23H29N3O4. The average molecular weight is 412 g/mol. The maximum absolute atomic E-state index is 12.5. The minimum Gasteiger partial charge on any atom is -0.497 e. The number of anilines is 2. The van der Waals surface area contributed by atoms with E-state index in [0.717, 1.165) is 25.7 Å². The minimum absolute atomic E-state index is 0.0437. The van der Waals surface area contributed by atoms with E-state index in [0.29, 0.717) is 28.4 Å². The predicted molar refractivity (Wildman–Crippen MR) is 117 cm³/mol. The number of nitrogens with one attached hydrogen (secondary N) is 3. The van der Waals surface area contributed by atoms with Crippen molar-refractivity contribution in [3.63, 3.8) is 0 Å². The van der Waals surface area contributed by atoms with Crippen LogP contribution in [0.15, 0.2) is 42.5 Å². The highest BCUT2D eigenvalue weighted by Crippen LogP contribution is 2.28. The number of amides is 2. The van der Waals surface area contributed by atoms with Crippen LogP contribution in [0.2, 0.25) is 0 Å². The molecule has 0 radical (unpaired) electrons. The molecule has 3 N–H and O–H groups in total. The molecule has 1 aliphatic carbocycles. The number of hydrogen-bond acceptors (Lipinski definition) is 5. The molecule has 0 saturated heterocycles. The Morgan fingerprint density at radius 3 is 2.53 bits per heavy atom. The van der Waals surface area contributed by atoms with Gasteiger partial charge in [0.1, 0.15) is 11.5 Å². The first-order valence-corrected chi connectivity index (χ1v) is 10.3. The normalized spacial score (nSPS) is 13.9. The van der Waals surface area contributed by atoms with E-state index in [1.54, 1.807) is 56.7 Å². The van der Waals surface area contributed by atoms with Gasteiger partial charge in [-0.25, -0.2) is 0 Å². The van der Waals surface area contributed by atoms with Crippen molar-refractivity contribution < 1.29 is 19.1 Å². The van der Waals surface area contributed by atoms with E-state index in [1.807, 2.05) is 0 Å². The van der Waals surface area contributed by atoms with Gasteiger partial charge in [-0.3, -0.25) is 9.59 Å². The van der Waals surface area contributed by atoms with Gasteiger partial charge < -0.3 is 25.4 Å². The molecule has 2 aromatic carbocycles. The summed E-state index contributed by atoms with van der Waals surface area (Å²) in [6.45, 7) is 0.0437. The van der Waals surface area contributed by atoms with Gasteiger partial charge in [0.15, 0.2) is 0 Å². The molecule has 0 heterocycles. The lowest BCUT2D eigenvalue weighted by molar-refractivity contribution is -0.114. The molecular weight excluding hydrogens is 382 g/mol. The summed E-state index contributed by atoms with van der Waals surface area (Å²) in [5, 5.41) is 8.97. The van der Waals surface area contributed by atoms with Crippen LogP contribution in [0.5, 0.6) is 11.5 Å². The SMILES string of the molecule is COc1ccc(OC)c(NCC(=O)Nc2cccc(C(=O)NC3CCCCC3)c2)c1. The molecule has 160 valence electrons. The van der Waals surface area contributed by atoms with Crippen LogP contribution in [0.4, 0.5) is 11.4 Å². The molecule has 0 bridgehead atoms. The predicted octanol–water partition coefficient (Wildman–Crippen LogP) is 3.82. The first-order chi connectivity index (χ1) is 14.6. The number of ether oxygens (including phenoxy) is 2. The molecule has 1 aliphatic rings. The highest BCUT2D eigenvalue weighted by molar-refractivity contribution is 5.98. The minimum atomic E-state index is -0.232. The van der Waals surface area contributed by atoms with Gasteiger partial charge in [-0.1, -0.05) is 25.3 Å². The second-order valence-corrected chi connectivity index (χ2v) is 7.36. The summed E-state index contributed by atoms with van der Waals surface area (Å²) in [5.74, 6) is 0.947. The highest BCUT2D eigenvalue weighted by atomic mass is 16.5. The van der Waals surface area contributed by atoms with Crippen molar-refractivity contribution in [3.8, 4) is 11.5 Å². The Morgan fingerprint density at radius 1 is 1.00 bits per heavy atom. The maximum Gasteiger partial charge on any atom is 0.251 e. The van der Waals surface area contributed by atoms with Crippen LogP contribution in [0.25, 0.3) is 0 Å². The lowest BCUT2D eigenvalue weighted by Crippen LogP contribution is -2.36. The summed E-state index contributed by atoms with van der Waals surface area (Å²) in [4.78, 5) is 24.9. The van der Waals surface area contributed by atoms with Gasteiger partial charge in [0, 0.05) is 23.4 Å². The Balaban J connectivity index is 1.56. The number of methoxy groups -OCH3 is 2. The number of carbonyl (C=O) groups excluding carboxylic acids is 2. The summed E-state index contributed by atoms with van der Waals surface area (Å²) >= 11 is 0. The quantitative estimate of drug-likeness (QED) is 0.615. The van der Waals surface area contributed by atoms with E-state index >= 15 is 0 Å². The zero-order valence-corrected chi connectivity index (χ0v) is 17.5. The molecule has 0 atom stereocenters. The van der Waals surface area contributed by atoms with Gasteiger partial charge >= 0.3 is 0 Å². The van der Waals surface area contributed by atoms with Crippen molar-refractivity contribution in [1.29, 1.82) is 0 Å². The molecule has 1 saturated carbocycles. The first-order valence-electron chi connectivity index (χ1n) is 10.3. The lowest BCUT2D eigenvalue weighted by Gasteiger charge is -2.22. The van der Waals surface area contributed by atoms with Crippen LogP contribution < -0.4 is 25.4 Å². The zero-order chi connectivity index (χ0) is 21.3. The maximum atomic E-state index is 12.5. The van der Waals surface area contributed by atoms with Gasteiger partial charge in [-0.05, 0) is 43.2 Å². The fourth-order valence-corrected chi connectivity index (χ4v) is 3.59. The number of rotatable bonds is 8. The topological polar surface area (TPSA) is 88.7 Å². The fourth-order valence-electron chi connectivity index (χ4n) is 3.59. The smallest absolute Gasteiger partial charge is 0.251 e. The second-order valence-electron chi connectivity index (χ2n) is 7.36. The van der Waals surface area contributed by atoms with E-state index in [1.165, 1.54) is 6.42 Å². The third kappa shape index (κ3) is 5.89. The lowest BCUT2D eigenvalue weighted by atomic mass is 9.95. The Bertz CT molecular complexity index is 879. The molecule has 7 nitrogen and oxygen atoms in total.